The summed E-state index contributed by atoms with van der Waals surface area (Å²) in [4.78, 5) is 2.96. The fraction of sp³-hybridized carbons (Fsp3) is 0.692. The van der Waals surface area contributed by atoms with Crippen LogP contribution in [0.5, 0.6) is 0 Å². The van der Waals surface area contributed by atoms with E-state index < -0.39 is 0 Å². The molecule has 0 aliphatic carbocycles. The highest BCUT2D eigenvalue weighted by atomic mass is 32.1. The molecule has 1 rings (SSSR count). The third-order valence-electron chi connectivity index (χ3n) is 2.74. The standard InChI is InChI=1S/C13H23NOS/c1-4-12-6-7-13(16-12)10-11(14-3)8-9-15-5-2/h6-7,11,14H,4-5,8-10H2,1-3H3. The largest absolute Gasteiger partial charge is 0.382 e. The molecule has 0 aromatic carbocycles. The Hall–Kier alpha value is -0.380. The smallest absolute Gasteiger partial charge is 0.0480 e. The van der Waals surface area contributed by atoms with Crippen LogP contribution < -0.4 is 5.32 Å². The molecule has 2 nitrogen and oxygen atoms in total. The lowest BCUT2D eigenvalue weighted by molar-refractivity contribution is 0.137. The zero-order valence-electron chi connectivity index (χ0n) is 10.6. The van der Waals surface area contributed by atoms with Crippen LogP contribution in [0, 0.1) is 0 Å². The minimum atomic E-state index is 0.537. The molecule has 0 saturated carbocycles. The monoisotopic (exact) mass is 241 g/mol. The minimum Gasteiger partial charge on any atom is -0.382 e. The van der Waals surface area contributed by atoms with Gasteiger partial charge in [0.1, 0.15) is 0 Å². The first-order valence-corrected chi connectivity index (χ1v) is 6.94. The highest BCUT2D eigenvalue weighted by molar-refractivity contribution is 7.11. The Labute approximate surface area is 103 Å². The lowest BCUT2D eigenvalue weighted by Crippen LogP contribution is -2.28. The van der Waals surface area contributed by atoms with Crippen molar-refractivity contribution in [3.8, 4) is 0 Å². The van der Waals surface area contributed by atoms with E-state index in [1.807, 2.05) is 25.3 Å². The van der Waals surface area contributed by atoms with Gasteiger partial charge in [-0.2, -0.15) is 0 Å². The second-order valence-corrected chi connectivity index (χ2v) is 5.15. The van der Waals surface area contributed by atoms with E-state index >= 15 is 0 Å². The lowest BCUT2D eigenvalue weighted by atomic mass is 10.1. The predicted molar refractivity (Wildman–Crippen MR) is 71.4 cm³/mol. The first kappa shape index (κ1) is 13.7. The van der Waals surface area contributed by atoms with E-state index in [2.05, 4.69) is 24.4 Å². The topological polar surface area (TPSA) is 21.3 Å². The summed E-state index contributed by atoms with van der Waals surface area (Å²) in [6, 6.07) is 5.04. The van der Waals surface area contributed by atoms with Gasteiger partial charge in [0.25, 0.3) is 0 Å². The Morgan fingerprint density at radius 3 is 2.62 bits per heavy atom. The molecule has 3 heteroatoms. The number of ether oxygens (including phenoxy) is 1. The third kappa shape index (κ3) is 4.64. The molecule has 92 valence electrons. The number of nitrogens with one attached hydrogen (secondary N) is 1. The fourth-order valence-electron chi connectivity index (χ4n) is 1.68. The van der Waals surface area contributed by atoms with Gasteiger partial charge in [-0.1, -0.05) is 6.92 Å². The van der Waals surface area contributed by atoms with Crippen LogP contribution >= 0.6 is 11.3 Å². The molecule has 0 bridgehead atoms. The molecule has 1 aromatic heterocycles. The number of hydrogen-bond acceptors (Lipinski definition) is 3. The summed E-state index contributed by atoms with van der Waals surface area (Å²) >= 11 is 1.93. The molecule has 0 radical (unpaired) electrons. The van der Waals surface area contributed by atoms with Gasteiger partial charge < -0.3 is 10.1 Å². The van der Waals surface area contributed by atoms with Gasteiger partial charge in [0.15, 0.2) is 0 Å². The molecular weight excluding hydrogens is 218 g/mol. The lowest BCUT2D eigenvalue weighted by Gasteiger charge is -2.14. The molecule has 0 amide bonds. The maximum Gasteiger partial charge on any atom is 0.0480 e. The van der Waals surface area contributed by atoms with E-state index in [0.717, 1.165) is 32.5 Å². The first-order chi connectivity index (χ1) is 7.80. The number of likely N-dealkylation sites (N-methyl/N-ethyl adjacent to an activating group) is 1. The van der Waals surface area contributed by atoms with Gasteiger partial charge in [-0.25, -0.2) is 0 Å². The summed E-state index contributed by atoms with van der Waals surface area (Å²) in [5.41, 5.74) is 0. The Kier molecular flexibility index (Phi) is 6.69. The van der Waals surface area contributed by atoms with E-state index in [4.69, 9.17) is 4.74 Å². The quantitative estimate of drug-likeness (QED) is 0.707. The SMILES string of the molecule is CCOCCC(Cc1ccc(CC)s1)NC. The van der Waals surface area contributed by atoms with Crippen LogP contribution in [0.15, 0.2) is 12.1 Å². The summed E-state index contributed by atoms with van der Waals surface area (Å²) < 4.78 is 5.39. The Bertz CT molecular complexity index is 285. The predicted octanol–water partition coefficient (Wildman–Crippen LogP) is 2.87. The third-order valence-corrected chi connectivity index (χ3v) is 3.99. The molecular formula is C13H23NOS. The Balaban J connectivity index is 2.36. The molecule has 0 aliphatic rings. The summed E-state index contributed by atoms with van der Waals surface area (Å²) in [7, 11) is 2.03. The highest BCUT2D eigenvalue weighted by Crippen LogP contribution is 2.19. The second kappa shape index (κ2) is 7.82. The van der Waals surface area contributed by atoms with E-state index in [0.29, 0.717) is 6.04 Å². The van der Waals surface area contributed by atoms with E-state index in [1.165, 1.54) is 9.75 Å². The van der Waals surface area contributed by atoms with Crippen molar-refractivity contribution >= 4 is 11.3 Å². The van der Waals surface area contributed by atoms with Crippen molar-refractivity contribution in [1.29, 1.82) is 0 Å². The summed E-state index contributed by atoms with van der Waals surface area (Å²) in [6.45, 7) is 5.92. The van der Waals surface area contributed by atoms with Crippen LogP contribution in [0.1, 0.15) is 30.0 Å². The molecule has 0 spiro atoms. The van der Waals surface area contributed by atoms with Crippen LogP contribution in [-0.2, 0) is 17.6 Å². The van der Waals surface area contributed by atoms with Crippen molar-refractivity contribution in [2.45, 2.75) is 39.2 Å². The normalized spacial score (nSPS) is 12.9. The van der Waals surface area contributed by atoms with Crippen molar-refractivity contribution < 1.29 is 4.74 Å². The number of hydrogen-bond donors (Lipinski definition) is 1. The molecule has 1 heterocycles. The molecule has 0 aliphatic heterocycles. The van der Waals surface area contributed by atoms with E-state index in [1.54, 1.807) is 0 Å². The number of thiophene rings is 1. The van der Waals surface area contributed by atoms with Crippen LogP contribution in [0.4, 0.5) is 0 Å². The Morgan fingerprint density at radius 1 is 1.31 bits per heavy atom. The van der Waals surface area contributed by atoms with E-state index in [9.17, 15) is 0 Å². The van der Waals surface area contributed by atoms with Crippen molar-refractivity contribution in [3.63, 3.8) is 0 Å². The van der Waals surface area contributed by atoms with Gasteiger partial charge in [-0.3, -0.25) is 0 Å². The maximum atomic E-state index is 5.39. The van der Waals surface area contributed by atoms with Crippen LogP contribution in [-0.4, -0.2) is 26.3 Å². The molecule has 1 aromatic rings. The average molecular weight is 241 g/mol. The van der Waals surface area contributed by atoms with E-state index in [-0.39, 0.29) is 0 Å². The highest BCUT2D eigenvalue weighted by Gasteiger charge is 2.08. The molecule has 1 atom stereocenters. The van der Waals surface area contributed by atoms with Crippen molar-refractivity contribution in [3.05, 3.63) is 21.9 Å². The number of aryl methyl sites for hydroxylation is 1. The summed E-state index contributed by atoms with van der Waals surface area (Å²) in [6.07, 6.45) is 3.35. The molecule has 1 N–H and O–H groups in total. The van der Waals surface area contributed by atoms with Gasteiger partial charge in [0.2, 0.25) is 0 Å². The minimum absolute atomic E-state index is 0.537. The fourth-order valence-corrected chi connectivity index (χ4v) is 2.72. The summed E-state index contributed by atoms with van der Waals surface area (Å²) in [5, 5.41) is 3.36. The molecule has 0 fully saturated rings. The van der Waals surface area contributed by atoms with Crippen LogP contribution in [0.25, 0.3) is 0 Å². The second-order valence-electron chi connectivity index (χ2n) is 3.90. The maximum absolute atomic E-state index is 5.39. The molecule has 16 heavy (non-hydrogen) atoms. The number of rotatable bonds is 8. The van der Waals surface area contributed by atoms with Crippen LogP contribution in [0.2, 0.25) is 0 Å². The summed E-state index contributed by atoms with van der Waals surface area (Å²) in [5.74, 6) is 0. The van der Waals surface area contributed by atoms with Crippen molar-refractivity contribution in [2.75, 3.05) is 20.3 Å². The van der Waals surface area contributed by atoms with Crippen molar-refractivity contribution in [2.24, 2.45) is 0 Å². The first-order valence-electron chi connectivity index (χ1n) is 6.12. The van der Waals surface area contributed by atoms with Gasteiger partial charge in [0, 0.05) is 29.0 Å². The van der Waals surface area contributed by atoms with Gasteiger partial charge in [-0.15, -0.1) is 11.3 Å². The zero-order valence-corrected chi connectivity index (χ0v) is 11.4. The van der Waals surface area contributed by atoms with Gasteiger partial charge in [-0.05, 0) is 45.4 Å². The average Bonchev–Trinajstić information content (AvgIpc) is 2.75. The molecule has 0 saturated heterocycles. The Morgan fingerprint density at radius 2 is 2.06 bits per heavy atom. The van der Waals surface area contributed by atoms with Crippen molar-refractivity contribution in [1.82, 2.24) is 5.32 Å². The van der Waals surface area contributed by atoms with Crippen LogP contribution in [0.3, 0.4) is 0 Å². The zero-order chi connectivity index (χ0) is 11.8. The van der Waals surface area contributed by atoms with Gasteiger partial charge in [0.05, 0.1) is 0 Å². The van der Waals surface area contributed by atoms with Gasteiger partial charge >= 0.3 is 0 Å². The molecule has 1 unspecified atom stereocenters.